The number of aryl methyl sites for hydroxylation is 1. The molecule has 0 unspecified atom stereocenters. The van der Waals surface area contributed by atoms with Gasteiger partial charge in [-0.1, -0.05) is 24.3 Å². The molecule has 4 nitrogen and oxygen atoms in total. The van der Waals surface area contributed by atoms with Crippen molar-refractivity contribution in [1.29, 1.82) is 5.26 Å². The highest BCUT2D eigenvalue weighted by Gasteiger charge is 2.08. The summed E-state index contributed by atoms with van der Waals surface area (Å²) in [5.41, 5.74) is 8.86. The minimum absolute atomic E-state index is 0.314. The topological polar surface area (TPSA) is 71.9 Å². The van der Waals surface area contributed by atoms with Crippen molar-refractivity contribution >= 4 is 0 Å². The number of ether oxygens (including phenoxy) is 1. The van der Waals surface area contributed by atoms with E-state index in [1.807, 2.05) is 31.2 Å². The smallest absolute Gasteiger partial charge is 0.147 e. The van der Waals surface area contributed by atoms with Crippen LogP contribution in [0.4, 0.5) is 0 Å². The molecule has 2 aromatic rings. The molecule has 0 fully saturated rings. The Hall–Kier alpha value is -2.38. The Labute approximate surface area is 112 Å². The lowest BCUT2D eigenvalue weighted by Crippen LogP contribution is -2.05. The molecule has 96 valence electrons. The van der Waals surface area contributed by atoms with Crippen molar-refractivity contribution in [3.8, 4) is 11.8 Å². The van der Waals surface area contributed by atoms with Gasteiger partial charge < -0.3 is 10.5 Å². The number of pyridine rings is 1. The van der Waals surface area contributed by atoms with Crippen LogP contribution >= 0.6 is 0 Å². The second-order valence-corrected chi connectivity index (χ2v) is 4.18. The van der Waals surface area contributed by atoms with Gasteiger partial charge in [0.05, 0.1) is 0 Å². The van der Waals surface area contributed by atoms with Gasteiger partial charge in [-0.25, -0.2) is 4.98 Å². The number of nitriles is 1. The molecule has 0 atom stereocenters. The summed E-state index contributed by atoms with van der Waals surface area (Å²) >= 11 is 0. The van der Waals surface area contributed by atoms with Crippen LogP contribution in [0.3, 0.4) is 0 Å². The van der Waals surface area contributed by atoms with Gasteiger partial charge in [0.25, 0.3) is 0 Å². The first-order valence-electron chi connectivity index (χ1n) is 6.01. The van der Waals surface area contributed by atoms with Crippen LogP contribution in [0.25, 0.3) is 0 Å². The number of nitrogens with two attached hydrogens (primary N) is 1. The third kappa shape index (κ3) is 2.90. The molecule has 0 saturated carbocycles. The van der Waals surface area contributed by atoms with E-state index in [1.165, 1.54) is 0 Å². The van der Waals surface area contributed by atoms with Gasteiger partial charge in [-0.15, -0.1) is 0 Å². The molecule has 0 saturated heterocycles. The Morgan fingerprint density at radius 3 is 2.79 bits per heavy atom. The molecule has 1 aromatic heterocycles. The van der Waals surface area contributed by atoms with Gasteiger partial charge in [0.1, 0.15) is 24.1 Å². The van der Waals surface area contributed by atoms with Crippen molar-refractivity contribution in [2.24, 2.45) is 5.73 Å². The Bertz CT molecular complexity index is 617. The second-order valence-electron chi connectivity index (χ2n) is 4.18. The molecule has 19 heavy (non-hydrogen) atoms. The Morgan fingerprint density at radius 1 is 1.26 bits per heavy atom. The van der Waals surface area contributed by atoms with Crippen LogP contribution < -0.4 is 10.5 Å². The Balaban J connectivity index is 2.22. The average Bonchev–Trinajstić information content (AvgIpc) is 2.46. The first-order valence-corrected chi connectivity index (χ1v) is 6.01. The molecule has 2 N–H and O–H groups in total. The number of aromatic nitrogens is 1. The summed E-state index contributed by atoms with van der Waals surface area (Å²) < 4.78 is 5.82. The van der Waals surface area contributed by atoms with E-state index in [0.29, 0.717) is 18.8 Å². The molecule has 0 aliphatic heterocycles. The first-order chi connectivity index (χ1) is 9.26. The molecule has 0 aliphatic rings. The number of hydrogen-bond donors (Lipinski definition) is 1. The minimum Gasteiger partial charge on any atom is -0.488 e. The average molecular weight is 253 g/mol. The predicted molar refractivity (Wildman–Crippen MR) is 72.4 cm³/mol. The molecular formula is C15H15N3O. The summed E-state index contributed by atoms with van der Waals surface area (Å²) in [6.07, 6.45) is 1.60. The Morgan fingerprint density at radius 2 is 2.05 bits per heavy atom. The van der Waals surface area contributed by atoms with Crippen LogP contribution in [0.2, 0.25) is 0 Å². The molecule has 2 rings (SSSR count). The summed E-state index contributed by atoms with van der Waals surface area (Å²) in [5, 5.41) is 8.98. The molecule has 0 spiro atoms. The van der Waals surface area contributed by atoms with E-state index in [1.54, 1.807) is 12.3 Å². The fourth-order valence-corrected chi connectivity index (χ4v) is 1.89. The standard InChI is InChI=1S/C15H15N3O/c1-11-4-2-5-12(8-16)15(11)19-10-13-6-3-7-18-14(13)9-17/h2-7H,8,10,16H2,1H3. The number of para-hydroxylation sites is 1. The van der Waals surface area contributed by atoms with E-state index in [-0.39, 0.29) is 0 Å². The molecule has 0 amide bonds. The van der Waals surface area contributed by atoms with E-state index in [2.05, 4.69) is 11.1 Å². The lowest BCUT2D eigenvalue weighted by molar-refractivity contribution is 0.300. The molecule has 0 radical (unpaired) electrons. The predicted octanol–water partition coefficient (Wildman–Crippen LogP) is 2.30. The third-order valence-corrected chi connectivity index (χ3v) is 2.88. The molecule has 1 heterocycles. The third-order valence-electron chi connectivity index (χ3n) is 2.88. The van der Waals surface area contributed by atoms with E-state index in [0.717, 1.165) is 22.4 Å². The van der Waals surface area contributed by atoms with E-state index in [9.17, 15) is 0 Å². The van der Waals surface area contributed by atoms with Crippen LogP contribution in [0.1, 0.15) is 22.4 Å². The van der Waals surface area contributed by atoms with Crippen molar-refractivity contribution in [1.82, 2.24) is 4.98 Å². The van der Waals surface area contributed by atoms with E-state index < -0.39 is 0 Å². The minimum atomic E-state index is 0.314. The summed E-state index contributed by atoms with van der Waals surface area (Å²) in [4.78, 5) is 4.01. The number of nitrogens with zero attached hydrogens (tertiary/aromatic N) is 2. The van der Waals surface area contributed by atoms with Crippen molar-refractivity contribution in [2.45, 2.75) is 20.1 Å². The highest BCUT2D eigenvalue weighted by Crippen LogP contribution is 2.24. The highest BCUT2D eigenvalue weighted by molar-refractivity contribution is 5.41. The highest BCUT2D eigenvalue weighted by atomic mass is 16.5. The van der Waals surface area contributed by atoms with Crippen LogP contribution in [-0.2, 0) is 13.2 Å². The normalized spacial score (nSPS) is 9.95. The van der Waals surface area contributed by atoms with Crippen LogP contribution in [-0.4, -0.2) is 4.98 Å². The van der Waals surface area contributed by atoms with Gasteiger partial charge >= 0.3 is 0 Å². The lowest BCUT2D eigenvalue weighted by atomic mass is 10.1. The van der Waals surface area contributed by atoms with Gasteiger partial charge in [0.15, 0.2) is 0 Å². The monoisotopic (exact) mass is 253 g/mol. The van der Waals surface area contributed by atoms with Gasteiger partial charge in [-0.2, -0.15) is 5.26 Å². The first kappa shape index (κ1) is 13.1. The summed E-state index contributed by atoms with van der Waals surface area (Å²) in [5.74, 6) is 0.790. The Kier molecular flexibility index (Phi) is 4.11. The van der Waals surface area contributed by atoms with Crippen molar-refractivity contribution in [3.05, 3.63) is 58.9 Å². The molecule has 0 bridgehead atoms. The van der Waals surface area contributed by atoms with Gasteiger partial charge in [0, 0.05) is 23.9 Å². The maximum Gasteiger partial charge on any atom is 0.147 e. The van der Waals surface area contributed by atoms with Crippen molar-refractivity contribution in [2.75, 3.05) is 0 Å². The van der Waals surface area contributed by atoms with Crippen molar-refractivity contribution in [3.63, 3.8) is 0 Å². The maximum absolute atomic E-state index is 8.98. The number of hydrogen-bond acceptors (Lipinski definition) is 4. The van der Waals surface area contributed by atoms with Crippen LogP contribution in [0.5, 0.6) is 5.75 Å². The molecular weight excluding hydrogens is 238 g/mol. The largest absolute Gasteiger partial charge is 0.488 e. The second kappa shape index (κ2) is 5.98. The molecule has 1 aromatic carbocycles. The number of benzene rings is 1. The van der Waals surface area contributed by atoms with E-state index in [4.69, 9.17) is 15.7 Å². The van der Waals surface area contributed by atoms with Crippen LogP contribution in [0, 0.1) is 18.3 Å². The van der Waals surface area contributed by atoms with Crippen molar-refractivity contribution < 1.29 is 4.74 Å². The summed E-state index contributed by atoms with van der Waals surface area (Å²) in [7, 11) is 0. The summed E-state index contributed by atoms with van der Waals surface area (Å²) in [6, 6.07) is 11.6. The zero-order valence-corrected chi connectivity index (χ0v) is 10.8. The maximum atomic E-state index is 8.98. The SMILES string of the molecule is Cc1cccc(CN)c1OCc1cccnc1C#N. The quantitative estimate of drug-likeness (QED) is 0.907. The van der Waals surface area contributed by atoms with Gasteiger partial charge in [0.2, 0.25) is 0 Å². The number of rotatable bonds is 4. The molecule has 0 aliphatic carbocycles. The molecule has 4 heteroatoms. The fraction of sp³-hybridized carbons (Fsp3) is 0.200. The zero-order valence-electron chi connectivity index (χ0n) is 10.8. The lowest BCUT2D eigenvalue weighted by Gasteiger charge is -2.13. The van der Waals surface area contributed by atoms with E-state index >= 15 is 0 Å². The fourth-order valence-electron chi connectivity index (χ4n) is 1.89. The van der Waals surface area contributed by atoms with Gasteiger partial charge in [-0.05, 0) is 18.6 Å². The van der Waals surface area contributed by atoms with Gasteiger partial charge in [-0.3, -0.25) is 0 Å². The summed E-state index contributed by atoms with van der Waals surface area (Å²) in [6.45, 7) is 2.71. The zero-order chi connectivity index (χ0) is 13.7. The van der Waals surface area contributed by atoms with Crippen LogP contribution in [0.15, 0.2) is 36.5 Å².